The molecule has 4 aliphatic rings. The van der Waals surface area contributed by atoms with E-state index in [1.165, 1.54) is 0 Å². The molecule has 1 spiro atoms. The van der Waals surface area contributed by atoms with Crippen molar-refractivity contribution in [2.75, 3.05) is 18.7 Å². The maximum Gasteiger partial charge on any atom is 0.238 e. The Morgan fingerprint density at radius 1 is 0.933 bits per heavy atom. The number of amides is 1. The number of hydrogen-bond donors (Lipinski definition) is 1. The van der Waals surface area contributed by atoms with Crippen molar-refractivity contribution in [1.29, 1.82) is 0 Å². The van der Waals surface area contributed by atoms with Gasteiger partial charge < -0.3 is 24.4 Å². The largest absolute Gasteiger partial charge is 0.490 e. The Bertz CT molecular complexity index is 1950. The zero-order valence-corrected chi connectivity index (χ0v) is 24.1. The van der Waals surface area contributed by atoms with Crippen molar-refractivity contribution in [3.05, 3.63) is 138 Å². The molecular weight excluding hydrogens is 568 g/mol. The fraction of sp³-hybridized carbons (Fsp3) is 0.162. The van der Waals surface area contributed by atoms with Crippen LogP contribution in [0.2, 0.25) is 0 Å². The van der Waals surface area contributed by atoms with Gasteiger partial charge in [-0.25, -0.2) is 0 Å². The summed E-state index contributed by atoms with van der Waals surface area (Å²) in [6.07, 6.45) is 5.42. The van der Waals surface area contributed by atoms with Crippen molar-refractivity contribution < 1.29 is 28.6 Å². The third-order valence-electron chi connectivity index (χ3n) is 9.27. The van der Waals surface area contributed by atoms with Crippen molar-refractivity contribution in [3.63, 3.8) is 0 Å². The van der Waals surface area contributed by atoms with Crippen LogP contribution in [0.25, 0.3) is 6.08 Å². The van der Waals surface area contributed by atoms with Crippen LogP contribution in [-0.2, 0) is 10.2 Å². The van der Waals surface area contributed by atoms with Gasteiger partial charge in [-0.15, -0.1) is 0 Å². The summed E-state index contributed by atoms with van der Waals surface area (Å²) < 4.78 is 16.9. The number of ether oxygens (including phenoxy) is 3. The first-order valence-corrected chi connectivity index (χ1v) is 14.8. The molecule has 1 fully saturated rings. The van der Waals surface area contributed by atoms with Crippen LogP contribution in [-0.4, -0.2) is 41.8 Å². The lowest BCUT2D eigenvalue weighted by molar-refractivity contribution is -0.122. The summed E-state index contributed by atoms with van der Waals surface area (Å²) in [5.41, 5.74) is 2.40. The molecule has 0 saturated carbocycles. The molecule has 4 atom stereocenters. The lowest BCUT2D eigenvalue weighted by atomic mass is 9.62. The average Bonchev–Trinajstić information content (AvgIpc) is 3.76. The van der Waals surface area contributed by atoms with E-state index in [0.29, 0.717) is 39.6 Å². The molecule has 0 unspecified atom stereocenters. The number of ketones is 2. The Balaban J connectivity index is 1.38. The van der Waals surface area contributed by atoms with Crippen LogP contribution in [0.15, 0.2) is 110 Å². The molecule has 4 aliphatic heterocycles. The minimum absolute atomic E-state index is 0.0650. The smallest absolute Gasteiger partial charge is 0.238 e. The number of benzene rings is 4. The molecule has 8 heteroatoms. The van der Waals surface area contributed by atoms with E-state index in [1.54, 1.807) is 48.5 Å². The minimum atomic E-state index is -1.43. The van der Waals surface area contributed by atoms with Gasteiger partial charge in [0.15, 0.2) is 23.1 Å². The molecule has 4 heterocycles. The molecule has 0 aromatic heterocycles. The second kappa shape index (κ2) is 10.2. The molecule has 1 saturated heterocycles. The number of carbonyl (C=O) groups excluding carboxylic acids is 3. The molecule has 4 aromatic rings. The van der Waals surface area contributed by atoms with Gasteiger partial charge in [-0.3, -0.25) is 14.4 Å². The van der Waals surface area contributed by atoms with Gasteiger partial charge in [0.05, 0.1) is 12.0 Å². The molecule has 45 heavy (non-hydrogen) atoms. The van der Waals surface area contributed by atoms with Crippen molar-refractivity contribution in [2.45, 2.75) is 17.5 Å². The summed E-state index contributed by atoms with van der Waals surface area (Å²) in [6, 6.07) is 25.5. The van der Waals surface area contributed by atoms with Crippen LogP contribution in [0.4, 0.5) is 5.69 Å². The van der Waals surface area contributed by atoms with E-state index in [-0.39, 0.29) is 30.9 Å². The second-order valence-electron chi connectivity index (χ2n) is 11.5. The highest BCUT2D eigenvalue weighted by Crippen LogP contribution is 2.62. The zero-order valence-electron chi connectivity index (χ0n) is 24.1. The number of fused-ring (bicyclic) bond motifs is 7. The number of nitrogens with one attached hydrogen (secondary N) is 1. The summed E-state index contributed by atoms with van der Waals surface area (Å²) in [6.45, 7) is 4.04. The first kappa shape index (κ1) is 27.0. The summed E-state index contributed by atoms with van der Waals surface area (Å²) in [4.78, 5) is 46.5. The van der Waals surface area contributed by atoms with Crippen molar-refractivity contribution >= 4 is 29.2 Å². The third kappa shape index (κ3) is 3.88. The summed E-state index contributed by atoms with van der Waals surface area (Å²) in [7, 11) is 0. The molecule has 0 bridgehead atoms. The van der Waals surface area contributed by atoms with E-state index < -0.39 is 23.4 Å². The molecule has 4 aromatic carbocycles. The summed E-state index contributed by atoms with van der Waals surface area (Å²) in [5.74, 6) is -0.544. The molecule has 1 N–H and O–H groups in total. The van der Waals surface area contributed by atoms with Crippen LogP contribution in [0.5, 0.6) is 17.2 Å². The van der Waals surface area contributed by atoms with Crippen molar-refractivity contribution in [2.24, 2.45) is 5.92 Å². The first-order chi connectivity index (χ1) is 22.0. The van der Waals surface area contributed by atoms with Crippen LogP contribution >= 0.6 is 0 Å². The number of rotatable bonds is 7. The highest BCUT2D eigenvalue weighted by molar-refractivity contribution is 6.16. The average molecular weight is 597 g/mol. The predicted molar refractivity (Wildman–Crippen MR) is 167 cm³/mol. The van der Waals surface area contributed by atoms with Gasteiger partial charge in [-0.05, 0) is 59.2 Å². The highest BCUT2D eigenvalue weighted by atomic mass is 16.7. The fourth-order valence-electron chi connectivity index (χ4n) is 7.46. The van der Waals surface area contributed by atoms with Crippen LogP contribution in [0.1, 0.15) is 43.4 Å². The van der Waals surface area contributed by atoms with Gasteiger partial charge in [0.25, 0.3) is 0 Å². The second-order valence-corrected chi connectivity index (χ2v) is 11.5. The molecule has 0 aliphatic carbocycles. The van der Waals surface area contributed by atoms with Gasteiger partial charge in [0.2, 0.25) is 12.7 Å². The Kier molecular flexibility index (Phi) is 6.13. The maximum absolute atomic E-state index is 15.1. The SMILES string of the molecule is C=CCOc1cccc(C(=O)[C@@H]2[C@H](C(=O)c3ccc4c(c3)OCO4)N3C=Cc4ccccc4[C@H]3[C@]23C(=O)Nc2ccccc23)c1. The number of nitrogens with zero attached hydrogens (tertiary/aromatic N) is 1. The maximum atomic E-state index is 15.1. The van der Waals surface area contributed by atoms with E-state index in [1.807, 2.05) is 65.7 Å². The monoisotopic (exact) mass is 596 g/mol. The van der Waals surface area contributed by atoms with Gasteiger partial charge in [-0.2, -0.15) is 0 Å². The van der Waals surface area contributed by atoms with E-state index in [4.69, 9.17) is 14.2 Å². The van der Waals surface area contributed by atoms with Gasteiger partial charge >= 0.3 is 0 Å². The van der Waals surface area contributed by atoms with Gasteiger partial charge in [-0.1, -0.05) is 67.3 Å². The Morgan fingerprint density at radius 3 is 2.62 bits per heavy atom. The van der Waals surface area contributed by atoms with Gasteiger partial charge in [0.1, 0.15) is 23.8 Å². The van der Waals surface area contributed by atoms with Crippen molar-refractivity contribution in [3.8, 4) is 17.2 Å². The molecule has 1 amide bonds. The quantitative estimate of drug-likeness (QED) is 0.208. The lowest BCUT2D eigenvalue weighted by Gasteiger charge is -2.38. The van der Waals surface area contributed by atoms with E-state index >= 15 is 4.79 Å². The predicted octanol–water partition coefficient (Wildman–Crippen LogP) is 5.96. The summed E-state index contributed by atoms with van der Waals surface area (Å²) >= 11 is 0. The molecule has 222 valence electrons. The van der Waals surface area contributed by atoms with E-state index in [2.05, 4.69) is 11.9 Å². The molecule has 0 radical (unpaired) electrons. The van der Waals surface area contributed by atoms with Crippen LogP contribution in [0.3, 0.4) is 0 Å². The molecule has 8 nitrogen and oxygen atoms in total. The highest BCUT2D eigenvalue weighted by Gasteiger charge is 2.70. The number of hydrogen-bond acceptors (Lipinski definition) is 7. The van der Waals surface area contributed by atoms with Crippen LogP contribution < -0.4 is 19.5 Å². The summed E-state index contributed by atoms with van der Waals surface area (Å²) in [5, 5.41) is 3.08. The van der Waals surface area contributed by atoms with Gasteiger partial charge in [0, 0.05) is 23.0 Å². The Labute approximate surface area is 259 Å². The van der Waals surface area contributed by atoms with E-state index in [9.17, 15) is 9.59 Å². The normalized spacial score (nSPS) is 23.2. The zero-order chi connectivity index (χ0) is 30.7. The molecular formula is C37H28N2O6. The lowest BCUT2D eigenvalue weighted by Crippen LogP contribution is -2.49. The minimum Gasteiger partial charge on any atom is -0.490 e. The number of para-hydroxylation sites is 1. The van der Waals surface area contributed by atoms with E-state index in [0.717, 1.165) is 11.1 Å². The van der Waals surface area contributed by atoms with Crippen molar-refractivity contribution in [1.82, 2.24) is 4.90 Å². The Morgan fingerprint density at radius 2 is 1.73 bits per heavy atom. The van der Waals surface area contributed by atoms with Crippen LogP contribution in [0, 0.1) is 5.92 Å². The number of Topliss-reactive ketones (excluding diaryl/α,β-unsaturated/α-hetero) is 2. The standard InChI is InChI=1S/C37H28N2O6/c1-2-18-43-25-10-7-9-23(19-25)33(40)31-32(34(41)24-14-15-29-30(20-24)45-21-44-29)39-17-16-22-8-3-4-11-26(22)35(39)37(31)27-12-5-6-13-28(27)38-36(37)42/h2-17,19-20,31-32,35H,1,18,21H2,(H,38,42)/t31-,32+,35-,37+/m0/s1. The molecule has 8 rings (SSSR count). The topological polar surface area (TPSA) is 94.2 Å². The Hall–Kier alpha value is -5.63. The fourth-order valence-corrected chi connectivity index (χ4v) is 7.46. The number of anilines is 1. The number of carbonyl (C=O) groups is 3. The third-order valence-corrected chi connectivity index (χ3v) is 9.27. The first-order valence-electron chi connectivity index (χ1n) is 14.8.